The van der Waals surface area contributed by atoms with Gasteiger partial charge < -0.3 is 8.98 Å². The Hall–Kier alpha value is -7.76. The van der Waals surface area contributed by atoms with Crippen LogP contribution in [0.25, 0.3) is 111 Å². The average Bonchev–Trinajstić information content (AvgIpc) is 4.01. The average molecular weight is 769 g/mol. The molecule has 13 rings (SSSR count). The van der Waals surface area contributed by atoms with Crippen LogP contribution in [-0.4, -0.2) is 19.1 Å². The molecule has 0 aliphatic heterocycles. The third-order valence-corrected chi connectivity index (χ3v) is 12.9. The predicted molar refractivity (Wildman–Crippen MR) is 246 cm³/mol. The largest absolute Gasteiger partial charge is 0.450 e. The molecule has 4 heterocycles. The molecule has 8 aromatic carbocycles. The summed E-state index contributed by atoms with van der Waals surface area (Å²) in [5.74, 6) is 1.38. The highest BCUT2D eigenvalue weighted by atomic mass is 16.3. The molecule has 282 valence electrons. The van der Waals surface area contributed by atoms with E-state index < -0.39 is 0 Å². The normalized spacial score (nSPS) is 13.3. The second kappa shape index (κ2) is 12.1. The Morgan fingerprint density at radius 1 is 0.433 bits per heavy atom. The molecule has 12 aromatic rings. The third kappa shape index (κ3) is 4.57. The van der Waals surface area contributed by atoms with Crippen LogP contribution < -0.4 is 0 Å². The Bertz CT molecular complexity index is 3740. The molecule has 5 heteroatoms. The summed E-state index contributed by atoms with van der Waals surface area (Å²) < 4.78 is 11.6. The fourth-order valence-electron chi connectivity index (χ4n) is 10.1. The van der Waals surface area contributed by atoms with Gasteiger partial charge in [-0.3, -0.25) is 4.57 Å². The molecule has 0 N–H and O–H groups in total. The van der Waals surface area contributed by atoms with Gasteiger partial charge in [0.25, 0.3) is 0 Å². The third-order valence-electron chi connectivity index (χ3n) is 12.9. The maximum Gasteiger partial charge on any atom is 0.197 e. The lowest BCUT2D eigenvalue weighted by atomic mass is 9.82. The van der Waals surface area contributed by atoms with E-state index in [0.29, 0.717) is 11.4 Å². The van der Waals surface area contributed by atoms with Crippen molar-refractivity contribution in [2.75, 3.05) is 0 Å². The number of para-hydroxylation sites is 3. The molecule has 60 heavy (non-hydrogen) atoms. The smallest absolute Gasteiger partial charge is 0.197 e. The summed E-state index contributed by atoms with van der Waals surface area (Å²) in [6, 6.07) is 65.1. The van der Waals surface area contributed by atoms with Crippen molar-refractivity contribution in [2.24, 2.45) is 0 Å². The molecule has 4 aromatic heterocycles. The SMILES string of the molecule is CC1(C)c2ccccc2-c2cc3c4ccccc4n(-c4nc(-c5ccccc5)nc5c4oc4ccc(-c6ccc7c(c6)c6ccccc6n7-c6ccccc6)cc45)c3cc21. The minimum Gasteiger partial charge on any atom is -0.450 e. The lowest BCUT2D eigenvalue weighted by molar-refractivity contribution is 0.660. The van der Waals surface area contributed by atoms with Crippen LogP contribution in [0.1, 0.15) is 25.0 Å². The quantitative estimate of drug-likeness (QED) is 0.179. The van der Waals surface area contributed by atoms with E-state index in [-0.39, 0.29) is 5.41 Å². The van der Waals surface area contributed by atoms with Gasteiger partial charge in [0.05, 0.1) is 22.1 Å². The minimum atomic E-state index is -0.160. The van der Waals surface area contributed by atoms with Gasteiger partial charge in [0.15, 0.2) is 17.2 Å². The first kappa shape index (κ1) is 33.2. The number of hydrogen-bond donors (Lipinski definition) is 0. The summed E-state index contributed by atoms with van der Waals surface area (Å²) in [4.78, 5) is 10.7. The molecular formula is C55H36N4O. The predicted octanol–water partition coefficient (Wildman–Crippen LogP) is 14.2. The zero-order chi connectivity index (χ0) is 39.7. The molecule has 5 nitrogen and oxygen atoms in total. The van der Waals surface area contributed by atoms with Crippen molar-refractivity contribution in [3.8, 4) is 45.1 Å². The van der Waals surface area contributed by atoms with Crippen LogP contribution in [0.2, 0.25) is 0 Å². The molecule has 0 spiro atoms. The minimum absolute atomic E-state index is 0.160. The monoisotopic (exact) mass is 768 g/mol. The second-order valence-corrected chi connectivity index (χ2v) is 16.6. The topological polar surface area (TPSA) is 48.8 Å². The summed E-state index contributed by atoms with van der Waals surface area (Å²) in [7, 11) is 0. The summed E-state index contributed by atoms with van der Waals surface area (Å²) in [6.07, 6.45) is 0. The summed E-state index contributed by atoms with van der Waals surface area (Å²) >= 11 is 0. The van der Waals surface area contributed by atoms with Crippen molar-refractivity contribution in [1.82, 2.24) is 19.1 Å². The fourth-order valence-corrected chi connectivity index (χ4v) is 10.1. The van der Waals surface area contributed by atoms with Gasteiger partial charge in [0.1, 0.15) is 11.1 Å². The van der Waals surface area contributed by atoms with E-state index in [9.17, 15) is 0 Å². The molecule has 0 saturated heterocycles. The summed E-state index contributed by atoms with van der Waals surface area (Å²) in [5.41, 5.74) is 16.2. The Labute approximate surface area is 345 Å². The van der Waals surface area contributed by atoms with Crippen LogP contribution in [0.5, 0.6) is 0 Å². The van der Waals surface area contributed by atoms with E-state index in [1.807, 2.05) is 18.2 Å². The van der Waals surface area contributed by atoms with Crippen LogP contribution in [0, 0.1) is 0 Å². The maximum atomic E-state index is 6.90. The van der Waals surface area contributed by atoms with Gasteiger partial charge >= 0.3 is 0 Å². The molecule has 0 atom stereocenters. The van der Waals surface area contributed by atoms with Gasteiger partial charge in [0, 0.05) is 43.6 Å². The van der Waals surface area contributed by atoms with Crippen molar-refractivity contribution in [3.63, 3.8) is 0 Å². The first-order valence-corrected chi connectivity index (χ1v) is 20.6. The summed E-state index contributed by atoms with van der Waals surface area (Å²) in [5, 5.41) is 5.75. The van der Waals surface area contributed by atoms with E-state index in [2.05, 4.69) is 187 Å². The fraction of sp³-hybridized carbons (Fsp3) is 0.0545. The van der Waals surface area contributed by atoms with Crippen molar-refractivity contribution in [3.05, 3.63) is 193 Å². The lowest BCUT2D eigenvalue weighted by Crippen LogP contribution is -2.15. The van der Waals surface area contributed by atoms with Crippen molar-refractivity contribution >= 4 is 65.7 Å². The van der Waals surface area contributed by atoms with Crippen LogP contribution in [0.15, 0.2) is 186 Å². The van der Waals surface area contributed by atoms with Gasteiger partial charge in [-0.2, -0.15) is 0 Å². The Morgan fingerprint density at radius 3 is 1.83 bits per heavy atom. The number of aromatic nitrogens is 4. The van der Waals surface area contributed by atoms with E-state index >= 15 is 0 Å². The van der Waals surface area contributed by atoms with Crippen LogP contribution in [-0.2, 0) is 5.41 Å². The van der Waals surface area contributed by atoms with Gasteiger partial charge in [0.2, 0.25) is 0 Å². The highest BCUT2D eigenvalue weighted by Crippen LogP contribution is 2.51. The molecule has 0 bridgehead atoms. The molecule has 0 radical (unpaired) electrons. The summed E-state index contributed by atoms with van der Waals surface area (Å²) in [6.45, 7) is 4.67. The molecule has 1 aliphatic rings. The Morgan fingerprint density at radius 2 is 1.05 bits per heavy atom. The standard InChI is InChI=1S/C55H36N4O/c1-55(2)44-22-12-9-19-37(44)40-31-42-39-21-11-14-24-47(39)59(49(42)32-45(40)55)54-52-51(56-53(57-54)33-15-5-3-6-16-33)43-30-35(26-28-50(43)60-52)34-25-27-48-41(29-34)38-20-10-13-23-46(38)58(48)36-17-7-4-8-18-36/h3-32H,1-2H3. The van der Waals surface area contributed by atoms with Crippen molar-refractivity contribution in [1.29, 1.82) is 0 Å². The van der Waals surface area contributed by atoms with E-state index in [1.165, 1.54) is 54.8 Å². The van der Waals surface area contributed by atoms with Crippen LogP contribution >= 0.6 is 0 Å². The zero-order valence-electron chi connectivity index (χ0n) is 33.0. The van der Waals surface area contributed by atoms with E-state index in [0.717, 1.165) is 55.7 Å². The number of fused-ring (bicyclic) bond motifs is 12. The number of rotatable bonds is 4. The van der Waals surface area contributed by atoms with Crippen LogP contribution in [0.3, 0.4) is 0 Å². The lowest BCUT2D eigenvalue weighted by Gasteiger charge is -2.21. The maximum absolute atomic E-state index is 6.90. The van der Waals surface area contributed by atoms with Gasteiger partial charge in [-0.1, -0.05) is 135 Å². The molecule has 0 saturated carbocycles. The molecular weight excluding hydrogens is 733 g/mol. The van der Waals surface area contributed by atoms with Gasteiger partial charge in [-0.05, 0) is 94.0 Å². The van der Waals surface area contributed by atoms with Gasteiger partial charge in [-0.25, -0.2) is 9.97 Å². The molecule has 1 aliphatic carbocycles. The molecule has 0 fully saturated rings. The van der Waals surface area contributed by atoms with Crippen molar-refractivity contribution in [2.45, 2.75) is 19.3 Å². The first-order valence-electron chi connectivity index (χ1n) is 20.6. The van der Waals surface area contributed by atoms with E-state index in [1.54, 1.807) is 0 Å². The second-order valence-electron chi connectivity index (χ2n) is 16.6. The Kier molecular flexibility index (Phi) is 6.72. The Balaban J connectivity index is 1.06. The van der Waals surface area contributed by atoms with Gasteiger partial charge in [-0.15, -0.1) is 0 Å². The van der Waals surface area contributed by atoms with Crippen LogP contribution in [0.4, 0.5) is 0 Å². The zero-order valence-corrected chi connectivity index (χ0v) is 33.0. The highest BCUT2D eigenvalue weighted by molar-refractivity contribution is 6.14. The van der Waals surface area contributed by atoms with Crippen molar-refractivity contribution < 1.29 is 4.42 Å². The number of furan rings is 1. The van der Waals surface area contributed by atoms with E-state index in [4.69, 9.17) is 14.4 Å². The number of hydrogen-bond acceptors (Lipinski definition) is 3. The molecule has 0 amide bonds. The highest BCUT2D eigenvalue weighted by Gasteiger charge is 2.36. The molecule has 0 unspecified atom stereocenters. The first-order chi connectivity index (χ1) is 29.5. The number of nitrogens with zero attached hydrogens (tertiary/aromatic N) is 4. The number of benzene rings is 8.